The van der Waals surface area contributed by atoms with E-state index in [1.54, 1.807) is 25.8 Å². The summed E-state index contributed by atoms with van der Waals surface area (Å²) in [6, 6.07) is 10.6. The fourth-order valence-electron chi connectivity index (χ4n) is 3.57. The molecule has 2 aliphatic heterocycles. The lowest BCUT2D eigenvalue weighted by atomic mass is 10.1. The van der Waals surface area contributed by atoms with Crippen LogP contribution in [0.5, 0.6) is 0 Å². The molecule has 2 aromatic rings. The summed E-state index contributed by atoms with van der Waals surface area (Å²) >= 11 is 0. The Balaban J connectivity index is 1.67. The fourth-order valence-corrected chi connectivity index (χ4v) is 3.57. The molecule has 0 aliphatic carbocycles. The average molecular weight is 401 g/mol. The summed E-state index contributed by atoms with van der Waals surface area (Å²) in [5.74, 6) is -1.09. The Kier molecular flexibility index (Phi) is 4.79. The van der Waals surface area contributed by atoms with Gasteiger partial charge in [0.2, 0.25) is 0 Å². The first-order valence-electron chi connectivity index (χ1n) is 9.40. The third kappa shape index (κ3) is 3.83. The highest BCUT2D eigenvalue weighted by molar-refractivity contribution is 5.75. The number of aromatic nitrogens is 2. The lowest BCUT2D eigenvalue weighted by molar-refractivity contribution is -0.164. The maximum absolute atomic E-state index is 12.8. The maximum Gasteiger partial charge on any atom is 0.347 e. The normalized spacial score (nSPS) is 26.4. The summed E-state index contributed by atoms with van der Waals surface area (Å²) in [4.78, 5) is 38.8. The Morgan fingerprint density at radius 2 is 1.86 bits per heavy atom. The van der Waals surface area contributed by atoms with E-state index in [9.17, 15) is 14.4 Å². The molecule has 0 amide bonds. The number of aromatic amines is 1. The smallest absolute Gasteiger partial charge is 0.347 e. The minimum atomic E-state index is -0.693. The first-order valence-corrected chi connectivity index (χ1v) is 9.40. The van der Waals surface area contributed by atoms with E-state index in [0.29, 0.717) is 0 Å². The van der Waals surface area contributed by atoms with E-state index in [1.807, 2.05) is 30.3 Å². The molecule has 0 bridgehead atoms. The zero-order chi connectivity index (χ0) is 20.8. The SMILES string of the molecule is CC(C)(C)OC(=O)[C@H]1CN(n2ccc(=O)[nH]c2=O)[C@@H]2OC(c3ccccc3)O[C@H]12. The predicted molar refractivity (Wildman–Crippen MR) is 103 cm³/mol. The van der Waals surface area contributed by atoms with Crippen LogP contribution in [0.15, 0.2) is 52.2 Å². The van der Waals surface area contributed by atoms with Crippen LogP contribution in [0, 0.1) is 5.92 Å². The third-order valence-electron chi connectivity index (χ3n) is 4.76. The molecule has 1 unspecified atom stereocenters. The monoisotopic (exact) mass is 401 g/mol. The highest BCUT2D eigenvalue weighted by Gasteiger charge is 2.55. The molecule has 4 atom stereocenters. The minimum absolute atomic E-state index is 0.151. The molecule has 29 heavy (non-hydrogen) atoms. The number of fused-ring (bicyclic) bond motifs is 1. The Morgan fingerprint density at radius 1 is 1.14 bits per heavy atom. The van der Waals surface area contributed by atoms with E-state index in [-0.39, 0.29) is 6.54 Å². The quantitative estimate of drug-likeness (QED) is 0.762. The van der Waals surface area contributed by atoms with Crippen molar-refractivity contribution >= 4 is 5.97 Å². The van der Waals surface area contributed by atoms with Crippen LogP contribution in [0.25, 0.3) is 0 Å². The molecule has 1 aromatic heterocycles. The lowest BCUT2D eigenvalue weighted by Gasteiger charge is -2.26. The van der Waals surface area contributed by atoms with Crippen LogP contribution < -0.4 is 16.3 Å². The van der Waals surface area contributed by atoms with Crippen molar-refractivity contribution in [2.24, 2.45) is 5.92 Å². The van der Waals surface area contributed by atoms with Gasteiger partial charge in [0, 0.05) is 17.8 Å². The van der Waals surface area contributed by atoms with Gasteiger partial charge in [0.05, 0.1) is 6.54 Å². The molecule has 1 aromatic carbocycles. The number of H-pyrrole nitrogens is 1. The average Bonchev–Trinajstić information content (AvgIpc) is 3.21. The number of carbonyl (C=O) groups excluding carboxylic acids is 1. The van der Waals surface area contributed by atoms with Gasteiger partial charge in [-0.1, -0.05) is 30.3 Å². The molecule has 2 saturated heterocycles. The Labute approximate surface area is 166 Å². The van der Waals surface area contributed by atoms with Crippen molar-refractivity contribution in [3.8, 4) is 0 Å². The first kappa shape index (κ1) is 19.4. The van der Waals surface area contributed by atoms with Gasteiger partial charge in [0.25, 0.3) is 5.56 Å². The van der Waals surface area contributed by atoms with Crippen molar-refractivity contribution in [3.63, 3.8) is 0 Å². The topological polar surface area (TPSA) is 103 Å². The van der Waals surface area contributed by atoms with Gasteiger partial charge in [-0.25, -0.2) is 9.47 Å². The summed E-state index contributed by atoms with van der Waals surface area (Å²) in [5, 5.41) is 1.58. The lowest BCUT2D eigenvalue weighted by Crippen LogP contribution is -2.49. The second kappa shape index (κ2) is 7.16. The largest absolute Gasteiger partial charge is 0.460 e. The minimum Gasteiger partial charge on any atom is -0.460 e. The van der Waals surface area contributed by atoms with Crippen molar-refractivity contribution in [2.75, 3.05) is 11.6 Å². The first-order chi connectivity index (χ1) is 13.7. The molecule has 0 radical (unpaired) electrons. The molecular formula is C20H23N3O6. The molecule has 4 rings (SSSR count). The van der Waals surface area contributed by atoms with Gasteiger partial charge in [-0.05, 0) is 20.8 Å². The van der Waals surface area contributed by atoms with E-state index in [0.717, 1.165) is 5.56 Å². The second-order valence-corrected chi connectivity index (χ2v) is 8.09. The highest BCUT2D eigenvalue weighted by atomic mass is 16.7. The summed E-state index contributed by atoms with van der Waals surface area (Å²) in [7, 11) is 0. The molecule has 3 heterocycles. The molecule has 2 aliphatic rings. The number of carbonyl (C=O) groups is 1. The Hall–Kier alpha value is -2.91. The van der Waals surface area contributed by atoms with Crippen LogP contribution in [-0.4, -0.2) is 40.1 Å². The second-order valence-electron chi connectivity index (χ2n) is 8.09. The van der Waals surface area contributed by atoms with Gasteiger partial charge in [0.15, 0.2) is 12.5 Å². The number of esters is 1. The van der Waals surface area contributed by atoms with E-state index in [2.05, 4.69) is 4.98 Å². The van der Waals surface area contributed by atoms with Gasteiger partial charge in [-0.15, -0.1) is 0 Å². The van der Waals surface area contributed by atoms with Gasteiger partial charge < -0.3 is 14.2 Å². The number of hydrogen-bond donors (Lipinski definition) is 1. The predicted octanol–water partition coefficient (Wildman–Crippen LogP) is 0.886. The summed E-state index contributed by atoms with van der Waals surface area (Å²) in [5.41, 5.74) is -0.976. The van der Waals surface area contributed by atoms with Gasteiger partial charge in [-0.3, -0.25) is 19.6 Å². The van der Waals surface area contributed by atoms with Crippen molar-refractivity contribution in [1.29, 1.82) is 0 Å². The van der Waals surface area contributed by atoms with Crippen molar-refractivity contribution in [2.45, 2.75) is 45.0 Å². The van der Waals surface area contributed by atoms with E-state index in [4.69, 9.17) is 14.2 Å². The number of rotatable bonds is 3. The molecule has 0 saturated carbocycles. The summed E-state index contributed by atoms with van der Waals surface area (Å²) in [6.45, 7) is 5.53. The van der Waals surface area contributed by atoms with Gasteiger partial charge >= 0.3 is 11.7 Å². The van der Waals surface area contributed by atoms with Crippen LogP contribution in [-0.2, 0) is 19.0 Å². The highest BCUT2D eigenvalue weighted by Crippen LogP contribution is 2.40. The molecule has 0 spiro atoms. The van der Waals surface area contributed by atoms with Crippen LogP contribution in [0.2, 0.25) is 0 Å². The number of benzene rings is 1. The number of nitrogens with one attached hydrogen (secondary N) is 1. The molecule has 9 nitrogen and oxygen atoms in total. The molecule has 9 heteroatoms. The van der Waals surface area contributed by atoms with Crippen molar-refractivity contribution in [1.82, 2.24) is 9.66 Å². The molecule has 1 N–H and O–H groups in total. The Bertz CT molecular complexity index is 1010. The number of nitrogens with zero attached hydrogens (tertiary/aromatic N) is 2. The van der Waals surface area contributed by atoms with Gasteiger partial charge in [-0.2, -0.15) is 0 Å². The van der Waals surface area contributed by atoms with Crippen molar-refractivity contribution < 1.29 is 19.0 Å². The number of ether oxygens (including phenoxy) is 3. The van der Waals surface area contributed by atoms with E-state index in [1.165, 1.54) is 16.9 Å². The Morgan fingerprint density at radius 3 is 2.52 bits per heavy atom. The van der Waals surface area contributed by atoms with E-state index >= 15 is 0 Å². The molecular weight excluding hydrogens is 378 g/mol. The van der Waals surface area contributed by atoms with E-state index < -0.39 is 47.4 Å². The van der Waals surface area contributed by atoms with Crippen LogP contribution in [0.1, 0.15) is 32.6 Å². The number of hydrogen-bond acceptors (Lipinski definition) is 7. The summed E-state index contributed by atoms with van der Waals surface area (Å²) in [6.07, 6.45) is -0.651. The third-order valence-corrected chi connectivity index (χ3v) is 4.76. The zero-order valence-corrected chi connectivity index (χ0v) is 16.4. The van der Waals surface area contributed by atoms with Gasteiger partial charge in [0.1, 0.15) is 17.6 Å². The summed E-state index contributed by atoms with van der Waals surface area (Å²) < 4.78 is 19.0. The molecule has 154 valence electrons. The van der Waals surface area contributed by atoms with Crippen LogP contribution in [0.3, 0.4) is 0 Å². The van der Waals surface area contributed by atoms with Crippen LogP contribution >= 0.6 is 0 Å². The zero-order valence-electron chi connectivity index (χ0n) is 16.4. The van der Waals surface area contributed by atoms with Crippen LogP contribution in [0.4, 0.5) is 0 Å². The fraction of sp³-hybridized carbons (Fsp3) is 0.450. The maximum atomic E-state index is 12.8. The standard InChI is InChI=1S/C20H23N3O6/c1-20(2,3)29-17(25)13-11-23(22-10-9-14(24)21-19(22)26)16-15(13)27-18(28-16)12-7-5-4-6-8-12/h4-10,13,15-16,18H,11H2,1-3H3,(H,21,24,26)/t13-,15+,16+,18?/m0/s1. The molecule has 2 fully saturated rings. The van der Waals surface area contributed by atoms with Crippen molar-refractivity contribution in [3.05, 3.63) is 69.0 Å².